The van der Waals surface area contributed by atoms with Gasteiger partial charge >= 0.3 is 5.97 Å². The minimum absolute atomic E-state index is 0.299. The number of aromatic nitrogens is 4. The fourth-order valence-electron chi connectivity index (χ4n) is 4.06. The Hall–Kier alpha value is -3.07. The van der Waals surface area contributed by atoms with Crippen molar-refractivity contribution in [1.82, 2.24) is 24.4 Å². The lowest BCUT2D eigenvalue weighted by atomic mass is 9.93. The normalized spacial score (nSPS) is 18.2. The molecule has 29 heavy (non-hydrogen) atoms. The van der Waals surface area contributed by atoms with Gasteiger partial charge < -0.3 is 24.5 Å². The van der Waals surface area contributed by atoms with Crippen LogP contribution in [0, 0.1) is 0 Å². The van der Waals surface area contributed by atoms with Crippen molar-refractivity contribution >= 4 is 34.6 Å². The van der Waals surface area contributed by atoms with E-state index in [2.05, 4.69) is 41.7 Å². The van der Waals surface area contributed by atoms with Gasteiger partial charge in [-0.2, -0.15) is 0 Å². The Morgan fingerprint density at radius 1 is 1.24 bits per heavy atom. The van der Waals surface area contributed by atoms with E-state index in [0.717, 1.165) is 43.3 Å². The largest absolute Gasteiger partial charge is 0.478 e. The molecule has 0 unspecified atom stereocenters. The molecular formula is C20H25N7O2. The third kappa shape index (κ3) is 3.31. The van der Waals surface area contributed by atoms with Crippen LogP contribution in [0.3, 0.4) is 0 Å². The van der Waals surface area contributed by atoms with Gasteiger partial charge in [-0.25, -0.2) is 14.8 Å². The average Bonchev–Trinajstić information content (AvgIpc) is 3.26. The Morgan fingerprint density at radius 3 is 2.72 bits per heavy atom. The third-order valence-corrected chi connectivity index (χ3v) is 6.04. The standard InChI is InChI=1S/C20H25N7O2/c1-25-7-9-26(10-8-25)17-12-16-15(11-14(17)18(28)29)22-19(23-16)24-20-21-5-6-27(20)13-3-2-4-13/h5-6,11-13H,2-4,7-10H2,1H3,(H,28,29)(H2,21,22,23,24). The zero-order chi connectivity index (χ0) is 20.0. The predicted molar refractivity (Wildman–Crippen MR) is 111 cm³/mol. The summed E-state index contributed by atoms with van der Waals surface area (Å²) >= 11 is 0. The molecule has 2 aliphatic rings. The second-order valence-corrected chi connectivity index (χ2v) is 7.94. The number of anilines is 3. The Bertz CT molecular complexity index is 1040. The number of benzene rings is 1. The molecule has 5 rings (SSSR count). The molecule has 0 bridgehead atoms. The number of carboxylic acids is 1. The molecule has 3 aromatic rings. The van der Waals surface area contributed by atoms with E-state index in [1.54, 1.807) is 12.3 Å². The highest BCUT2D eigenvalue weighted by atomic mass is 16.4. The number of imidazole rings is 2. The maximum absolute atomic E-state index is 11.9. The van der Waals surface area contributed by atoms with Gasteiger partial charge in [-0.15, -0.1) is 0 Å². The van der Waals surface area contributed by atoms with Crippen LogP contribution in [0.2, 0.25) is 0 Å². The van der Waals surface area contributed by atoms with Crippen molar-refractivity contribution in [3.63, 3.8) is 0 Å². The number of aromatic amines is 1. The number of hydrogen-bond donors (Lipinski definition) is 3. The zero-order valence-electron chi connectivity index (χ0n) is 16.4. The van der Waals surface area contributed by atoms with Gasteiger partial charge in [0.05, 0.1) is 22.3 Å². The number of nitrogens with zero attached hydrogens (tertiary/aromatic N) is 5. The number of hydrogen-bond acceptors (Lipinski definition) is 6. The summed E-state index contributed by atoms with van der Waals surface area (Å²) in [5, 5.41) is 13.0. The van der Waals surface area contributed by atoms with Gasteiger partial charge in [-0.05, 0) is 38.4 Å². The molecule has 1 aromatic carbocycles. The molecule has 1 aliphatic carbocycles. The Morgan fingerprint density at radius 2 is 2.03 bits per heavy atom. The van der Waals surface area contributed by atoms with Crippen LogP contribution in [0.25, 0.3) is 11.0 Å². The summed E-state index contributed by atoms with van der Waals surface area (Å²) in [5.74, 6) is 0.399. The molecule has 0 radical (unpaired) electrons. The van der Waals surface area contributed by atoms with Crippen LogP contribution in [0.1, 0.15) is 35.7 Å². The van der Waals surface area contributed by atoms with Crippen molar-refractivity contribution in [3.05, 3.63) is 30.1 Å². The van der Waals surface area contributed by atoms with Gasteiger partial charge in [-0.3, -0.25) is 5.32 Å². The number of likely N-dealkylation sites (N-methyl/N-ethyl adjacent to an activating group) is 1. The van der Waals surface area contributed by atoms with Crippen molar-refractivity contribution in [2.45, 2.75) is 25.3 Å². The molecule has 3 N–H and O–H groups in total. The van der Waals surface area contributed by atoms with Gasteiger partial charge in [-0.1, -0.05) is 0 Å². The van der Waals surface area contributed by atoms with E-state index in [1.165, 1.54) is 19.3 Å². The SMILES string of the molecule is CN1CCN(c2cc3nc(Nc4nccn4C4CCC4)[nH]c3cc2C(=O)O)CC1. The first-order valence-electron chi connectivity index (χ1n) is 10.1. The molecule has 1 aliphatic heterocycles. The minimum atomic E-state index is -0.925. The molecule has 2 fully saturated rings. The second-order valence-electron chi connectivity index (χ2n) is 7.94. The zero-order valence-corrected chi connectivity index (χ0v) is 16.4. The van der Waals surface area contributed by atoms with Crippen LogP contribution < -0.4 is 10.2 Å². The Labute approximate surface area is 168 Å². The van der Waals surface area contributed by atoms with Crippen molar-refractivity contribution in [2.24, 2.45) is 0 Å². The topological polar surface area (TPSA) is 102 Å². The summed E-state index contributed by atoms with van der Waals surface area (Å²) in [7, 11) is 2.08. The molecule has 3 heterocycles. The lowest BCUT2D eigenvalue weighted by Crippen LogP contribution is -2.45. The number of piperazine rings is 1. The highest BCUT2D eigenvalue weighted by molar-refractivity contribution is 6.00. The fourth-order valence-corrected chi connectivity index (χ4v) is 4.06. The first kappa shape index (κ1) is 18.0. The minimum Gasteiger partial charge on any atom is -0.478 e. The number of carbonyl (C=O) groups is 1. The maximum atomic E-state index is 11.9. The van der Waals surface area contributed by atoms with Crippen molar-refractivity contribution in [1.29, 1.82) is 0 Å². The lowest BCUT2D eigenvalue weighted by molar-refractivity contribution is 0.0697. The van der Waals surface area contributed by atoms with E-state index in [-0.39, 0.29) is 0 Å². The Kier molecular flexibility index (Phi) is 4.39. The van der Waals surface area contributed by atoms with Crippen molar-refractivity contribution < 1.29 is 9.90 Å². The smallest absolute Gasteiger partial charge is 0.337 e. The molecule has 0 spiro atoms. The molecule has 1 saturated heterocycles. The Balaban J connectivity index is 1.47. The average molecular weight is 395 g/mol. The molecular weight excluding hydrogens is 370 g/mol. The molecule has 2 aromatic heterocycles. The number of rotatable bonds is 5. The highest BCUT2D eigenvalue weighted by Gasteiger charge is 2.23. The quantitative estimate of drug-likeness (QED) is 0.610. The van der Waals surface area contributed by atoms with Gasteiger partial charge in [0.1, 0.15) is 0 Å². The van der Waals surface area contributed by atoms with E-state index in [0.29, 0.717) is 23.1 Å². The maximum Gasteiger partial charge on any atom is 0.337 e. The first-order valence-corrected chi connectivity index (χ1v) is 10.1. The third-order valence-electron chi connectivity index (χ3n) is 6.04. The lowest BCUT2D eigenvalue weighted by Gasteiger charge is -2.34. The first-order chi connectivity index (χ1) is 14.1. The number of aromatic carboxylic acids is 1. The van der Waals surface area contributed by atoms with E-state index in [1.807, 2.05) is 12.3 Å². The van der Waals surface area contributed by atoms with Crippen LogP contribution in [-0.2, 0) is 0 Å². The van der Waals surface area contributed by atoms with Gasteiger partial charge in [0.2, 0.25) is 11.9 Å². The monoisotopic (exact) mass is 395 g/mol. The number of nitrogens with one attached hydrogen (secondary N) is 2. The molecule has 9 heteroatoms. The van der Waals surface area contributed by atoms with Gasteiger partial charge in [0.25, 0.3) is 0 Å². The highest BCUT2D eigenvalue weighted by Crippen LogP contribution is 2.34. The summed E-state index contributed by atoms with van der Waals surface area (Å²) in [4.78, 5) is 28.5. The molecule has 152 valence electrons. The number of fused-ring (bicyclic) bond motifs is 1. The summed E-state index contributed by atoms with van der Waals surface area (Å²) in [6.07, 6.45) is 7.36. The van der Waals surface area contributed by atoms with Crippen LogP contribution in [0.5, 0.6) is 0 Å². The van der Waals surface area contributed by atoms with Crippen LogP contribution in [0.4, 0.5) is 17.6 Å². The van der Waals surface area contributed by atoms with E-state index >= 15 is 0 Å². The fraction of sp³-hybridized carbons (Fsp3) is 0.450. The second kappa shape index (κ2) is 7.07. The van der Waals surface area contributed by atoms with E-state index in [9.17, 15) is 9.90 Å². The summed E-state index contributed by atoms with van der Waals surface area (Å²) in [5.41, 5.74) is 2.47. The number of carboxylic acid groups (broad SMARTS) is 1. The summed E-state index contributed by atoms with van der Waals surface area (Å²) in [6, 6.07) is 4.05. The van der Waals surface area contributed by atoms with Crippen LogP contribution in [0.15, 0.2) is 24.5 Å². The van der Waals surface area contributed by atoms with Crippen LogP contribution in [-0.4, -0.2) is 68.7 Å². The summed E-state index contributed by atoms with van der Waals surface area (Å²) in [6.45, 7) is 3.43. The van der Waals surface area contributed by atoms with Gasteiger partial charge in [0, 0.05) is 44.6 Å². The van der Waals surface area contributed by atoms with E-state index in [4.69, 9.17) is 0 Å². The molecule has 0 amide bonds. The van der Waals surface area contributed by atoms with Crippen molar-refractivity contribution in [3.8, 4) is 0 Å². The molecule has 9 nitrogen and oxygen atoms in total. The van der Waals surface area contributed by atoms with E-state index < -0.39 is 5.97 Å². The number of H-pyrrole nitrogens is 1. The molecule has 1 saturated carbocycles. The predicted octanol–water partition coefficient (Wildman–Crippen LogP) is 2.68. The van der Waals surface area contributed by atoms with Crippen LogP contribution >= 0.6 is 0 Å². The summed E-state index contributed by atoms with van der Waals surface area (Å²) < 4.78 is 2.15. The molecule has 0 atom stereocenters. The van der Waals surface area contributed by atoms with Gasteiger partial charge in [0.15, 0.2) is 0 Å². The van der Waals surface area contributed by atoms with Crippen molar-refractivity contribution in [2.75, 3.05) is 43.4 Å².